The van der Waals surface area contributed by atoms with E-state index in [0.29, 0.717) is 11.7 Å². The number of nitrogens with zero attached hydrogens (tertiary/aromatic N) is 1. The zero-order valence-electron chi connectivity index (χ0n) is 11.0. The highest BCUT2D eigenvalue weighted by atomic mass is 35.5. The first-order chi connectivity index (χ1) is 8.99. The predicted octanol–water partition coefficient (Wildman–Crippen LogP) is 3.65. The van der Waals surface area contributed by atoms with E-state index >= 15 is 0 Å². The molecule has 2 rings (SSSR count). The number of aromatic amines is 1. The van der Waals surface area contributed by atoms with Crippen molar-refractivity contribution >= 4 is 11.6 Å². The monoisotopic (exact) mass is 278 g/mol. The van der Waals surface area contributed by atoms with Crippen LogP contribution in [0.15, 0.2) is 29.3 Å². The molecule has 0 aliphatic rings. The van der Waals surface area contributed by atoms with E-state index in [2.05, 4.69) is 23.8 Å². The van der Waals surface area contributed by atoms with Crippen LogP contribution in [0.2, 0.25) is 5.02 Å². The molecule has 0 amide bonds. The summed E-state index contributed by atoms with van der Waals surface area (Å²) in [7, 11) is 0. The highest BCUT2D eigenvalue weighted by molar-refractivity contribution is 6.31. The molecule has 5 heteroatoms. The lowest BCUT2D eigenvalue weighted by Crippen LogP contribution is -2.08. The van der Waals surface area contributed by atoms with Crippen molar-refractivity contribution in [2.45, 2.75) is 26.7 Å². The molecule has 0 radical (unpaired) electrons. The lowest BCUT2D eigenvalue weighted by atomic mass is 10.0. The highest BCUT2D eigenvalue weighted by Gasteiger charge is 2.13. The van der Waals surface area contributed by atoms with Gasteiger partial charge in [-0.15, -0.1) is 0 Å². The van der Waals surface area contributed by atoms with E-state index in [9.17, 15) is 4.79 Å². The Balaban J connectivity index is 2.45. The van der Waals surface area contributed by atoms with Crippen LogP contribution >= 0.6 is 11.6 Å². The summed E-state index contributed by atoms with van der Waals surface area (Å²) < 4.78 is 5.70. The highest BCUT2D eigenvalue weighted by Crippen LogP contribution is 2.32. The third kappa shape index (κ3) is 2.96. The molecule has 1 N–H and O–H groups in total. The van der Waals surface area contributed by atoms with Gasteiger partial charge in [-0.3, -0.25) is 4.79 Å². The fraction of sp³-hybridized carbons (Fsp3) is 0.286. The Morgan fingerprint density at radius 2 is 2.11 bits per heavy atom. The van der Waals surface area contributed by atoms with Crippen LogP contribution in [0.4, 0.5) is 0 Å². The van der Waals surface area contributed by atoms with E-state index in [4.69, 9.17) is 16.3 Å². The summed E-state index contributed by atoms with van der Waals surface area (Å²) in [6.07, 6.45) is 1.27. The van der Waals surface area contributed by atoms with Crippen LogP contribution in [0.3, 0.4) is 0 Å². The Kier molecular flexibility index (Phi) is 3.90. The van der Waals surface area contributed by atoms with Gasteiger partial charge in [-0.25, -0.2) is 4.98 Å². The summed E-state index contributed by atoms with van der Waals surface area (Å²) in [5.41, 5.74) is 1.70. The van der Waals surface area contributed by atoms with Crippen LogP contribution in [0.5, 0.6) is 11.6 Å². The molecule has 0 aliphatic heterocycles. The number of ether oxygens (including phenoxy) is 1. The first-order valence-electron chi connectivity index (χ1n) is 6.00. The Hall–Kier alpha value is -1.81. The minimum Gasteiger partial charge on any atom is -0.437 e. The average molecular weight is 279 g/mol. The van der Waals surface area contributed by atoms with Gasteiger partial charge in [-0.1, -0.05) is 37.6 Å². The van der Waals surface area contributed by atoms with Crippen LogP contribution in [-0.4, -0.2) is 9.97 Å². The molecule has 4 nitrogen and oxygen atoms in total. The summed E-state index contributed by atoms with van der Waals surface area (Å²) in [5.74, 6) is 1.10. The van der Waals surface area contributed by atoms with Crippen molar-refractivity contribution in [2.24, 2.45) is 0 Å². The molecule has 0 aliphatic carbocycles. The first kappa shape index (κ1) is 13.6. The van der Waals surface area contributed by atoms with Crippen LogP contribution in [0, 0.1) is 6.92 Å². The largest absolute Gasteiger partial charge is 0.437 e. The van der Waals surface area contributed by atoms with Crippen molar-refractivity contribution in [3.63, 3.8) is 0 Å². The van der Waals surface area contributed by atoms with Gasteiger partial charge in [0.15, 0.2) is 5.02 Å². The predicted molar refractivity (Wildman–Crippen MR) is 75.2 cm³/mol. The molecule has 0 unspecified atom stereocenters. The topological polar surface area (TPSA) is 55.0 Å². The molecule has 2 aromatic rings. The van der Waals surface area contributed by atoms with Crippen molar-refractivity contribution in [1.82, 2.24) is 9.97 Å². The number of halogens is 1. The van der Waals surface area contributed by atoms with E-state index in [1.54, 1.807) is 0 Å². The number of benzene rings is 1. The second kappa shape index (κ2) is 5.45. The van der Waals surface area contributed by atoms with Crippen molar-refractivity contribution < 1.29 is 4.74 Å². The van der Waals surface area contributed by atoms with E-state index < -0.39 is 5.56 Å². The van der Waals surface area contributed by atoms with E-state index in [0.717, 1.165) is 11.1 Å². The maximum atomic E-state index is 11.4. The molecule has 0 bridgehead atoms. The molecule has 0 fully saturated rings. The van der Waals surface area contributed by atoms with Crippen molar-refractivity contribution in [3.05, 3.63) is 51.0 Å². The molecule has 19 heavy (non-hydrogen) atoms. The Morgan fingerprint density at radius 1 is 1.37 bits per heavy atom. The summed E-state index contributed by atoms with van der Waals surface area (Å²) in [5, 5.41) is -0.0429. The van der Waals surface area contributed by atoms with Crippen molar-refractivity contribution in [2.75, 3.05) is 0 Å². The number of hydrogen-bond acceptors (Lipinski definition) is 3. The number of hydrogen-bond donors (Lipinski definition) is 1. The lowest BCUT2D eigenvalue weighted by Gasteiger charge is -2.14. The van der Waals surface area contributed by atoms with Gasteiger partial charge in [0.1, 0.15) is 5.75 Å². The zero-order chi connectivity index (χ0) is 14.0. The molecule has 1 heterocycles. The third-order valence-electron chi connectivity index (χ3n) is 2.76. The van der Waals surface area contributed by atoms with Gasteiger partial charge in [-0.05, 0) is 30.0 Å². The Bertz CT molecular complexity index is 650. The van der Waals surface area contributed by atoms with Gasteiger partial charge in [-0.2, -0.15) is 0 Å². The maximum Gasteiger partial charge on any atom is 0.273 e. The SMILES string of the molecule is Cc1ccc(C(C)C)c(Oc2nc[nH]c(=O)c2Cl)c1. The molecule has 0 atom stereocenters. The molecule has 0 spiro atoms. The molecule has 0 saturated heterocycles. The normalized spacial score (nSPS) is 10.8. The van der Waals surface area contributed by atoms with E-state index in [-0.39, 0.29) is 10.9 Å². The van der Waals surface area contributed by atoms with Gasteiger partial charge >= 0.3 is 0 Å². The molecule has 1 aromatic heterocycles. The molecular formula is C14H15ClN2O2. The van der Waals surface area contributed by atoms with Crippen molar-refractivity contribution in [3.8, 4) is 11.6 Å². The number of aryl methyl sites for hydroxylation is 1. The van der Waals surface area contributed by atoms with Gasteiger partial charge in [0.2, 0.25) is 5.88 Å². The molecule has 100 valence electrons. The lowest BCUT2D eigenvalue weighted by molar-refractivity contribution is 0.452. The maximum absolute atomic E-state index is 11.4. The van der Waals surface area contributed by atoms with E-state index in [1.165, 1.54) is 6.33 Å². The van der Waals surface area contributed by atoms with Crippen LogP contribution in [0.1, 0.15) is 30.9 Å². The fourth-order valence-corrected chi connectivity index (χ4v) is 1.89. The number of rotatable bonds is 3. The molecule has 0 saturated carbocycles. The third-order valence-corrected chi connectivity index (χ3v) is 3.10. The zero-order valence-corrected chi connectivity index (χ0v) is 11.8. The summed E-state index contributed by atoms with van der Waals surface area (Å²) in [6.45, 7) is 6.12. The summed E-state index contributed by atoms with van der Waals surface area (Å²) in [4.78, 5) is 17.8. The minimum absolute atomic E-state index is 0.0429. The average Bonchev–Trinajstić information content (AvgIpc) is 2.35. The standard InChI is InChI=1S/C14H15ClN2O2/c1-8(2)10-5-4-9(3)6-11(10)19-14-12(15)13(18)16-7-17-14/h4-8H,1-3H3,(H,16,17,18). The number of nitrogens with one attached hydrogen (secondary N) is 1. The van der Waals surface area contributed by atoms with Crippen molar-refractivity contribution in [1.29, 1.82) is 0 Å². The smallest absolute Gasteiger partial charge is 0.273 e. The first-order valence-corrected chi connectivity index (χ1v) is 6.38. The Morgan fingerprint density at radius 3 is 2.79 bits per heavy atom. The fourth-order valence-electron chi connectivity index (χ4n) is 1.75. The van der Waals surface area contributed by atoms with Gasteiger partial charge in [0.05, 0.1) is 6.33 Å². The van der Waals surface area contributed by atoms with Crippen LogP contribution in [-0.2, 0) is 0 Å². The van der Waals surface area contributed by atoms with Gasteiger partial charge in [0, 0.05) is 0 Å². The van der Waals surface area contributed by atoms with Gasteiger partial charge < -0.3 is 9.72 Å². The van der Waals surface area contributed by atoms with Gasteiger partial charge in [0.25, 0.3) is 5.56 Å². The summed E-state index contributed by atoms with van der Waals surface area (Å²) >= 11 is 5.88. The van der Waals surface area contributed by atoms with E-state index in [1.807, 2.05) is 25.1 Å². The number of H-pyrrole nitrogens is 1. The molecule has 1 aromatic carbocycles. The quantitative estimate of drug-likeness (QED) is 0.932. The number of aromatic nitrogens is 2. The minimum atomic E-state index is -0.412. The van der Waals surface area contributed by atoms with Crippen LogP contribution in [0.25, 0.3) is 0 Å². The molecular weight excluding hydrogens is 264 g/mol. The Labute approximate surface area is 116 Å². The summed E-state index contributed by atoms with van der Waals surface area (Å²) in [6, 6.07) is 5.94. The van der Waals surface area contributed by atoms with Crippen LogP contribution < -0.4 is 10.3 Å². The second-order valence-corrected chi connectivity index (χ2v) is 5.03. The second-order valence-electron chi connectivity index (χ2n) is 4.65.